The number of halogens is 1. The largest absolute Gasteiger partial charge is 0.364 e. The van der Waals surface area contributed by atoms with Crippen molar-refractivity contribution in [3.8, 4) is 0 Å². The summed E-state index contributed by atoms with van der Waals surface area (Å²) in [5.74, 6) is 0. The van der Waals surface area contributed by atoms with Crippen molar-refractivity contribution in [2.45, 2.75) is 13.7 Å². The van der Waals surface area contributed by atoms with Crippen LogP contribution in [0.3, 0.4) is 0 Å². The van der Waals surface area contributed by atoms with Crippen LogP contribution in [0.1, 0.15) is 5.56 Å². The van der Waals surface area contributed by atoms with Gasteiger partial charge in [0.05, 0.1) is 0 Å². The highest BCUT2D eigenvalue weighted by Crippen LogP contribution is 2.07. The quantitative estimate of drug-likeness (QED) is 0.774. The fraction of sp³-hybridized carbons (Fsp3) is 0.375. The summed E-state index contributed by atoms with van der Waals surface area (Å²) in [6.07, 6.45) is 1.71. The lowest BCUT2D eigenvalue weighted by Crippen LogP contribution is -2.22. The van der Waals surface area contributed by atoms with Crippen LogP contribution in [-0.4, -0.2) is 11.7 Å². The van der Waals surface area contributed by atoms with Crippen molar-refractivity contribution < 1.29 is 4.74 Å². The van der Waals surface area contributed by atoms with Crippen molar-refractivity contribution in [3.63, 3.8) is 0 Å². The molecule has 0 aliphatic heterocycles. The van der Waals surface area contributed by atoms with Gasteiger partial charge in [-0.25, -0.2) is 0 Å². The van der Waals surface area contributed by atoms with E-state index >= 15 is 0 Å². The second kappa shape index (κ2) is 3.87. The van der Waals surface area contributed by atoms with E-state index in [1.54, 1.807) is 26.3 Å². The SMILES string of the molecule is COCn1cc(Br)cc(C)c1=O. The smallest absolute Gasteiger partial charge is 0.255 e. The van der Waals surface area contributed by atoms with Crippen molar-refractivity contribution in [1.29, 1.82) is 0 Å². The summed E-state index contributed by atoms with van der Waals surface area (Å²) in [5, 5.41) is 0. The first-order chi connectivity index (χ1) is 5.65. The Kier molecular flexibility index (Phi) is 3.05. The molecule has 1 heterocycles. The second-order valence-corrected chi connectivity index (χ2v) is 3.45. The Bertz CT molecular complexity index is 332. The molecular weight excluding hydrogens is 222 g/mol. The lowest BCUT2D eigenvalue weighted by Gasteiger charge is -2.05. The van der Waals surface area contributed by atoms with Gasteiger partial charge in [-0.2, -0.15) is 0 Å². The highest BCUT2D eigenvalue weighted by atomic mass is 79.9. The van der Waals surface area contributed by atoms with E-state index in [9.17, 15) is 4.79 Å². The molecule has 0 N–H and O–H groups in total. The van der Waals surface area contributed by atoms with Crippen LogP contribution in [0.5, 0.6) is 0 Å². The molecule has 12 heavy (non-hydrogen) atoms. The molecule has 3 nitrogen and oxygen atoms in total. The van der Waals surface area contributed by atoms with Crippen molar-refractivity contribution >= 4 is 15.9 Å². The van der Waals surface area contributed by atoms with Crippen LogP contribution in [0.15, 0.2) is 21.5 Å². The summed E-state index contributed by atoms with van der Waals surface area (Å²) < 4.78 is 7.26. The van der Waals surface area contributed by atoms with Crippen LogP contribution < -0.4 is 5.56 Å². The molecule has 66 valence electrons. The Morgan fingerprint density at radius 3 is 2.92 bits per heavy atom. The Labute approximate surface area is 79.1 Å². The molecule has 0 saturated carbocycles. The van der Waals surface area contributed by atoms with Gasteiger partial charge in [-0.1, -0.05) is 0 Å². The van der Waals surface area contributed by atoms with Gasteiger partial charge in [-0.05, 0) is 28.9 Å². The third kappa shape index (κ3) is 1.95. The summed E-state index contributed by atoms with van der Waals surface area (Å²) >= 11 is 3.30. The number of nitrogens with zero attached hydrogens (tertiary/aromatic N) is 1. The molecule has 0 aliphatic carbocycles. The molecule has 0 unspecified atom stereocenters. The fourth-order valence-corrected chi connectivity index (χ4v) is 1.57. The Morgan fingerprint density at radius 1 is 1.67 bits per heavy atom. The minimum absolute atomic E-state index is 0.0138. The van der Waals surface area contributed by atoms with Gasteiger partial charge in [0.15, 0.2) is 0 Å². The van der Waals surface area contributed by atoms with E-state index in [4.69, 9.17) is 4.74 Å². The van der Waals surface area contributed by atoms with E-state index in [1.165, 1.54) is 4.57 Å². The van der Waals surface area contributed by atoms with Crippen LogP contribution in [-0.2, 0) is 11.5 Å². The highest BCUT2D eigenvalue weighted by molar-refractivity contribution is 9.10. The molecule has 0 amide bonds. The monoisotopic (exact) mass is 231 g/mol. The lowest BCUT2D eigenvalue weighted by molar-refractivity contribution is 0.128. The normalized spacial score (nSPS) is 10.2. The second-order valence-electron chi connectivity index (χ2n) is 2.53. The van der Waals surface area contributed by atoms with Crippen molar-refractivity contribution in [3.05, 3.63) is 32.7 Å². The standard InChI is InChI=1S/C8H10BrNO2/c1-6-3-7(9)4-10(5-12-2)8(6)11/h3-4H,5H2,1-2H3. The molecule has 0 spiro atoms. The highest BCUT2D eigenvalue weighted by Gasteiger charge is 1.99. The van der Waals surface area contributed by atoms with Gasteiger partial charge in [0.2, 0.25) is 0 Å². The first-order valence-electron chi connectivity index (χ1n) is 3.50. The van der Waals surface area contributed by atoms with Gasteiger partial charge >= 0.3 is 0 Å². The lowest BCUT2D eigenvalue weighted by atomic mass is 10.3. The number of aromatic nitrogens is 1. The number of pyridine rings is 1. The molecule has 1 aromatic heterocycles. The van der Waals surface area contributed by atoms with Crippen LogP contribution in [0.25, 0.3) is 0 Å². The van der Waals surface area contributed by atoms with E-state index in [-0.39, 0.29) is 5.56 Å². The summed E-state index contributed by atoms with van der Waals surface area (Å²) in [6.45, 7) is 2.07. The zero-order valence-electron chi connectivity index (χ0n) is 7.00. The first-order valence-corrected chi connectivity index (χ1v) is 4.30. The zero-order chi connectivity index (χ0) is 9.14. The van der Waals surface area contributed by atoms with E-state index in [1.807, 2.05) is 0 Å². The third-order valence-corrected chi connectivity index (χ3v) is 1.93. The molecule has 0 atom stereocenters. The Hall–Kier alpha value is -0.610. The minimum atomic E-state index is -0.0138. The first kappa shape index (κ1) is 9.48. The van der Waals surface area contributed by atoms with E-state index in [0.29, 0.717) is 12.3 Å². The van der Waals surface area contributed by atoms with Gasteiger partial charge in [-0.15, -0.1) is 0 Å². The fourth-order valence-electron chi connectivity index (χ4n) is 0.975. The average Bonchev–Trinajstić information content (AvgIpc) is 2.00. The summed E-state index contributed by atoms with van der Waals surface area (Å²) in [6, 6.07) is 1.79. The molecule has 0 fully saturated rings. The maximum atomic E-state index is 11.4. The van der Waals surface area contributed by atoms with Gasteiger partial charge < -0.3 is 4.74 Å². The molecule has 1 rings (SSSR count). The maximum Gasteiger partial charge on any atom is 0.255 e. The number of aryl methyl sites for hydroxylation is 1. The zero-order valence-corrected chi connectivity index (χ0v) is 8.59. The van der Waals surface area contributed by atoms with E-state index in [0.717, 1.165) is 4.47 Å². The minimum Gasteiger partial charge on any atom is -0.364 e. The molecule has 1 aromatic rings. The van der Waals surface area contributed by atoms with Gasteiger partial charge in [-0.3, -0.25) is 9.36 Å². The van der Waals surface area contributed by atoms with Crippen molar-refractivity contribution in [2.75, 3.05) is 7.11 Å². The molecule has 0 bridgehead atoms. The molecular formula is C8H10BrNO2. The van der Waals surface area contributed by atoms with Crippen LogP contribution in [0.2, 0.25) is 0 Å². The number of hydrogen-bond acceptors (Lipinski definition) is 2. The van der Waals surface area contributed by atoms with E-state index in [2.05, 4.69) is 15.9 Å². The van der Waals surface area contributed by atoms with Gasteiger partial charge in [0.1, 0.15) is 6.73 Å². The summed E-state index contributed by atoms with van der Waals surface area (Å²) in [4.78, 5) is 11.4. The van der Waals surface area contributed by atoms with Crippen molar-refractivity contribution in [2.24, 2.45) is 0 Å². The third-order valence-electron chi connectivity index (χ3n) is 1.50. The number of methoxy groups -OCH3 is 1. The van der Waals surface area contributed by atoms with Gasteiger partial charge in [0, 0.05) is 23.3 Å². The number of hydrogen-bond donors (Lipinski definition) is 0. The number of ether oxygens (including phenoxy) is 1. The van der Waals surface area contributed by atoms with Crippen LogP contribution in [0, 0.1) is 6.92 Å². The topological polar surface area (TPSA) is 31.2 Å². The van der Waals surface area contributed by atoms with Crippen LogP contribution in [0.4, 0.5) is 0 Å². The summed E-state index contributed by atoms with van der Waals surface area (Å²) in [7, 11) is 1.56. The van der Waals surface area contributed by atoms with Crippen molar-refractivity contribution in [1.82, 2.24) is 4.57 Å². The maximum absolute atomic E-state index is 11.4. The predicted molar refractivity (Wildman–Crippen MR) is 50.1 cm³/mol. The number of rotatable bonds is 2. The molecule has 4 heteroatoms. The molecule has 0 saturated heterocycles. The Morgan fingerprint density at radius 2 is 2.33 bits per heavy atom. The predicted octanol–water partition coefficient (Wildman–Crippen LogP) is 1.52. The molecule has 0 aliphatic rings. The summed E-state index contributed by atoms with van der Waals surface area (Å²) in [5.41, 5.74) is 0.696. The average molecular weight is 232 g/mol. The van der Waals surface area contributed by atoms with Gasteiger partial charge in [0.25, 0.3) is 5.56 Å². The molecule has 0 radical (unpaired) electrons. The van der Waals surface area contributed by atoms with Crippen LogP contribution >= 0.6 is 15.9 Å². The molecule has 0 aromatic carbocycles. The Balaban J connectivity index is 3.19. The van der Waals surface area contributed by atoms with E-state index < -0.39 is 0 Å².